The van der Waals surface area contributed by atoms with Crippen molar-refractivity contribution in [3.63, 3.8) is 0 Å². The SMILES string of the molecule is Cc1ncc(CO)c(C=Nc2ccc(-c3cn4ccsc4n3)cc2)c1O. The zero-order valence-corrected chi connectivity index (χ0v) is 14.8. The highest BCUT2D eigenvalue weighted by molar-refractivity contribution is 7.15. The molecule has 3 aromatic heterocycles. The van der Waals surface area contributed by atoms with Crippen LogP contribution < -0.4 is 0 Å². The number of aliphatic imine (C=N–C) groups is 1. The zero-order chi connectivity index (χ0) is 18.1. The molecule has 0 aliphatic heterocycles. The Kier molecular flexibility index (Phi) is 4.24. The smallest absolute Gasteiger partial charge is 0.194 e. The number of fused-ring (bicyclic) bond motifs is 1. The van der Waals surface area contributed by atoms with E-state index in [1.807, 2.05) is 46.4 Å². The summed E-state index contributed by atoms with van der Waals surface area (Å²) < 4.78 is 2.00. The molecule has 3 heterocycles. The average Bonchev–Trinajstić information content (AvgIpc) is 3.25. The minimum atomic E-state index is -0.210. The van der Waals surface area contributed by atoms with Crippen molar-refractivity contribution in [1.82, 2.24) is 14.4 Å². The molecule has 0 saturated carbocycles. The normalized spacial score (nSPS) is 11.6. The number of rotatable bonds is 4. The van der Waals surface area contributed by atoms with E-state index >= 15 is 0 Å². The van der Waals surface area contributed by atoms with E-state index in [1.54, 1.807) is 30.7 Å². The first-order valence-electron chi connectivity index (χ1n) is 8.00. The van der Waals surface area contributed by atoms with Crippen molar-refractivity contribution in [3.05, 3.63) is 65.1 Å². The number of hydrogen-bond donors (Lipinski definition) is 2. The Morgan fingerprint density at radius 3 is 2.81 bits per heavy atom. The highest BCUT2D eigenvalue weighted by Crippen LogP contribution is 2.25. The monoisotopic (exact) mass is 364 g/mol. The van der Waals surface area contributed by atoms with Crippen LogP contribution in [-0.2, 0) is 6.61 Å². The molecule has 0 aliphatic carbocycles. The minimum Gasteiger partial charge on any atom is -0.505 e. The van der Waals surface area contributed by atoms with E-state index in [-0.39, 0.29) is 12.4 Å². The number of thiazole rings is 1. The second-order valence-electron chi connectivity index (χ2n) is 5.81. The van der Waals surface area contributed by atoms with Crippen LogP contribution in [0.5, 0.6) is 5.75 Å². The van der Waals surface area contributed by atoms with Gasteiger partial charge in [0.2, 0.25) is 0 Å². The van der Waals surface area contributed by atoms with Gasteiger partial charge in [0, 0.05) is 46.9 Å². The molecule has 0 spiro atoms. The van der Waals surface area contributed by atoms with Crippen molar-refractivity contribution in [1.29, 1.82) is 0 Å². The van der Waals surface area contributed by atoms with Crippen molar-refractivity contribution < 1.29 is 10.2 Å². The molecule has 2 N–H and O–H groups in total. The molecule has 7 heteroatoms. The first-order chi connectivity index (χ1) is 12.7. The van der Waals surface area contributed by atoms with Crippen LogP contribution >= 0.6 is 11.3 Å². The van der Waals surface area contributed by atoms with Crippen LogP contribution in [0.15, 0.2) is 53.2 Å². The number of aryl methyl sites for hydroxylation is 1. The van der Waals surface area contributed by atoms with Crippen LogP contribution in [-0.4, -0.2) is 30.8 Å². The molecule has 130 valence electrons. The maximum Gasteiger partial charge on any atom is 0.194 e. The van der Waals surface area contributed by atoms with Crippen LogP contribution in [0.2, 0.25) is 0 Å². The van der Waals surface area contributed by atoms with Gasteiger partial charge in [-0.25, -0.2) is 4.98 Å². The standard InChI is InChI=1S/C19H16N4O2S/c1-12-18(25)16(14(11-24)8-20-12)9-21-15-4-2-13(3-5-15)17-10-23-6-7-26-19(23)22-17/h2-10,24-25H,11H2,1H3. The molecule has 4 aromatic rings. The second-order valence-corrected chi connectivity index (χ2v) is 6.69. The third kappa shape index (κ3) is 2.98. The van der Waals surface area contributed by atoms with Crippen LogP contribution in [0.4, 0.5) is 5.69 Å². The van der Waals surface area contributed by atoms with Crippen LogP contribution in [0.1, 0.15) is 16.8 Å². The van der Waals surface area contributed by atoms with Gasteiger partial charge in [0.25, 0.3) is 0 Å². The van der Waals surface area contributed by atoms with Gasteiger partial charge in [-0.1, -0.05) is 12.1 Å². The number of pyridine rings is 1. The van der Waals surface area contributed by atoms with E-state index in [9.17, 15) is 10.2 Å². The van der Waals surface area contributed by atoms with Gasteiger partial charge in [0.1, 0.15) is 5.75 Å². The summed E-state index contributed by atoms with van der Waals surface area (Å²) in [5.41, 5.74) is 4.19. The van der Waals surface area contributed by atoms with Gasteiger partial charge in [-0.05, 0) is 19.1 Å². The molecule has 0 saturated heterocycles. The molecule has 0 amide bonds. The Labute approximate surface area is 153 Å². The van der Waals surface area contributed by atoms with Crippen molar-refractivity contribution >= 4 is 28.2 Å². The number of aliphatic hydroxyl groups excluding tert-OH is 1. The van der Waals surface area contributed by atoms with Gasteiger partial charge in [0.15, 0.2) is 4.96 Å². The number of aromatic hydroxyl groups is 1. The van der Waals surface area contributed by atoms with E-state index in [0.29, 0.717) is 16.8 Å². The Hall–Kier alpha value is -3.03. The number of nitrogens with zero attached hydrogens (tertiary/aromatic N) is 4. The molecular formula is C19H16N4O2S. The molecule has 0 fully saturated rings. The number of aromatic nitrogens is 3. The largest absolute Gasteiger partial charge is 0.505 e. The zero-order valence-electron chi connectivity index (χ0n) is 14.0. The molecule has 0 atom stereocenters. The highest BCUT2D eigenvalue weighted by Gasteiger charge is 2.09. The summed E-state index contributed by atoms with van der Waals surface area (Å²) in [4.78, 5) is 14.0. The van der Waals surface area contributed by atoms with Gasteiger partial charge < -0.3 is 10.2 Å². The Balaban J connectivity index is 1.61. The molecule has 0 radical (unpaired) electrons. The maximum absolute atomic E-state index is 10.2. The Morgan fingerprint density at radius 2 is 2.08 bits per heavy atom. The Morgan fingerprint density at radius 1 is 1.27 bits per heavy atom. The quantitative estimate of drug-likeness (QED) is 0.541. The molecule has 4 rings (SSSR count). The number of benzene rings is 1. The lowest BCUT2D eigenvalue weighted by Crippen LogP contribution is -1.97. The van der Waals surface area contributed by atoms with Gasteiger partial charge in [-0.15, -0.1) is 11.3 Å². The molecule has 6 nitrogen and oxygen atoms in total. The fourth-order valence-corrected chi connectivity index (χ4v) is 3.35. The third-order valence-corrected chi connectivity index (χ3v) is 4.90. The Bertz CT molecular complexity index is 1070. The number of imidazole rings is 1. The minimum absolute atomic E-state index is 0.0370. The lowest BCUT2D eigenvalue weighted by atomic mass is 10.1. The predicted octanol–water partition coefficient (Wildman–Crippen LogP) is 3.71. The van der Waals surface area contributed by atoms with E-state index in [4.69, 9.17) is 0 Å². The van der Waals surface area contributed by atoms with E-state index in [1.165, 1.54) is 0 Å². The third-order valence-electron chi connectivity index (χ3n) is 4.13. The molecule has 0 bridgehead atoms. The van der Waals surface area contributed by atoms with E-state index in [0.717, 1.165) is 21.9 Å². The summed E-state index contributed by atoms with van der Waals surface area (Å²) in [7, 11) is 0. The first kappa shape index (κ1) is 16.4. The average molecular weight is 364 g/mol. The predicted molar refractivity (Wildman–Crippen MR) is 102 cm³/mol. The van der Waals surface area contributed by atoms with Crippen LogP contribution in [0.3, 0.4) is 0 Å². The maximum atomic E-state index is 10.2. The lowest BCUT2D eigenvalue weighted by Gasteiger charge is -2.07. The van der Waals surface area contributed by atoms with Gasteiger partial charge in [-0.2, -0.15) is 0 Å². The van der Waals surface area contributed by atoms with Crippen molar-refractivity contribution in [2.75, 3.05) is 0 Å². The fraction of sp³-hybridized carbons (Fsp3) is 0.105. The summed E-state index contributed by atoms with van der Waals surface area (Å²) in [5, 5.41) is 21.6. The van der Waals surface area contributed by atoms with Crippen LogP contribution in [0.25, 0.3) is 16.2 Å². The molecular weight excluding hydrogens is 348 g/mol. The van der Waals surface area contributed by atoms with Crippen molar-refractivity contribution in [3.8, 4) is 17.0 Å². The molecule has 0 unspecified atom stereocenters. The molecule has 1 aromatic carbocycles. The number of hydrogen-bond acceptors (Lipinski definition) is 6. The van der Waals surface area contributed by atoms with E-state index in [2.05, 4.69) is 15.0 Å². The summed E-state index contributed by atoms with van der Waals surface area (Å²) in [6.45, 7) is 1.50. The lowest BCUT2D eigenvalue weighted by molar-refractivity contribution is 0.280. The first-order valence-corrected chi connectivity index (χ1v) is 8.88. The molecule has 0 aliphatic rings. The molecule has 26 heavy (non-hydrogen) atoms. The summed E-state index contributed by atoms with van der Waals surface area (Å²) in [6.07, 6.45) is 7.08. The number of aliphatic hydroxyl groups is 1. The fourth-order valence-electron chi connectivity index (χ4n) is 2.65. The van der Waals surface area contributed by atoms with Gasteiger partial charge in [0.05, 0.1) is 23.7 Å². The summed E-state index contributed by atoms with van der Waals surface area (Å²) >= 11 is 1.60. The highest BCUT2D eigenvalue weighted by atomic mass is 32.1. The van der Waals surface area contributed by atoms with Gasteiger partial charge >= 0.3 is 0 Å². The van der Waals surface area contributed by atoms with Crippen molar-refractivity contribution in [2.24, 2.45) is 4.99 Å². The van der Waals surface area contributed by atoms with Gasteiger partial charge in [-0.3, -0.25) is 14.4 Å². The van der Waals surface area contributed by atoms with Crippen molar-refractivity contribution in [2.45, 2.75) is 13.5 Å². The van der Waals surface area contributed by atoms with Crippen LogP contribution in [0, 0.1) is 6.92 Å². The topological polar surface area (TPSA) is 83.0 Å². The summed E-state index contributed by atoms with van der Waals surface area (Å²) in [6, 6.07) is 7.71. The summed E-state index contributed by atoms with van der Waals surface area (Å²) in [5.74, 6) is 0.0370. The van der Waals surface area contributed by atoms with E-state index < -0.39 is 0 Å². The second kappa shape index (κ2) is 6.70.